The zero-order valence-corrected chi connectivity index (χ0v) is 17.5. The van der Waals surface area contributed by atoms with Gasteiger partial charge in [-0.3, -0.25) is 0 Å². The molecule has 6 nitrogen and oxygen atoms in total. The minimum Gasteiger partial charge on any atom is -0.303 e. The number of sulfonamides is 1. The monoisotopic (exact) mass is 414 g/mol. The van der Waals surface area contributed by atoms with E-state index in [1.165, 1.54) is 44.0 Å². The first kappa shape index (κ1) is 19.9. The molecule has 1 saturated carbocycles. The van der Waals surface area contributed by atoms with E-state index < -0.39 is 10.0 Å². The molecule has 0 amide bonds. The van der Waals surface area contributed by atoms with Crippen molar-refractivity contribution in [1.29, 1.82) is 0 Å². The van der Waals surface area contributed by atoms with Gasteiger partial charge in [-0.15, -0.1) is 21.5 Å². The van der Waals surface area contributed by atoms with Gasteiger partial charge >= 0.3 is 0 Å². The van der Waals surface area contributed by atoms with Crippen LogP contribution >= 0.6 is 23.1 Å². The van der Waals surface area contributed by atoms with E-state index in [1.807, 2.05) is 0 Å². The van der Waals surface area contributed by atoms with Gasteiger partial charge in [0.25, 0.3) is 0 Å². The van der Waals surface area contributed by atoms with Crippen LogP contribution in [0, 0.1) is 0 Å². The smallest absolute Gasteiger partial charge is 0.211 e. The van der Waals surface area contributed by atoms with Crippen molar-refractivity contribution in [3.63, 3.8) is 0 Å². The summed E-state index contributed by atoms with van der Waals surface area (Å²) in [5.41, 5.74) is 0. The van der Waals surface area contributed by atoms with Crippen LogP contribution in [0.1, 0.15) is 55.3 Å². The molecule has 1 aliphatic carbocycles. The van der Waals surface area contributed by atoms with Crippen molar-refractivity contribution >= 4 is 33.1 Å². The highest BCUT2D eigenvalue weighted by Crippen LogP contribution is 2.33. The van der Waals surface area contributed by atoms with Crippen molar-refractivity contribution in [2.24, 2.45) is 0 Å². The van der Waals surface area contributed by atoms with Crippen LogP contribution in [0.2, 0.25) is 0 Å². The van der Waals surface area contributed by atoms with Gasteiger partial charge in [0, 0.05) is 23.1 Å². The van der Waals surface area contributed by atoms with Crippen LogP contribution in [0.4, 0.5) is 0 Å². The third-order valence-corrected chi connectivity index (χ3v) is 8.04. The van der Waals surface area contributed by atoms with Crippen molar-refractivity contribution in [3.8, 4) is 0 Å². The van der Waals surface area contributed by atoms with Crippen LogP contribution in [0.3, 0.4) is 0 Å². The van der Waals surface area contributed by atoms with Crippen LogP contribution in [-0.2, 0) is 16.4 Å². The fourth-order valence-electron chi connectivity index (χ4n) is 3.32. The van der Waals surface area contributed by atoms with Gasteiger partial charge in [0.2, 0.25) is 10.0 Å². The molecule has 0 saturated heterocycles. The summed E-state index contributed by atoms with van der Waals surface area (Å²) in [6, 6.07) is 4.68. The Morgan fingerprint density at radius 3 is 2.81 bits per heavy atom. The maximum absolute atomic E-state index is 11.6. The highest BCUT2D eigenvalue weighted by atomic mass is 32.2. The Kier molecular flexibility index (Phi) is 7.13. The van der Waals surface area contributed by atoms with E-state index in [2.05, 4.69) is 37.0 Å². The second-order valence-corrected chi connectivity index (χ2v) is 10.7. The average Bonchev–Trinajstić information content (AvgIpc) is 3.30. The Labute approximate surface area is 163 Å². The highest BCUT2D eigenvalue weighted by Gasteiger charge is 2.23. The van der Waals surface area contributed by atoms with E-state index in [4.69, 9.17) is 0 Å². The van der Waals surface area contributed by atoms with Crippen molar-refractivity contribution < 1.29 is 8.42 Å². The SMILES string of the molecule is CNS(=O)(=O)CCCSc1nnc(Cc2cccs2)n1C1CCCCC1. The molecule has 0 atom stereocenters. The summed E-state index contributed by atoms with van der Waals surface area (Å²) in [6.45, 7) is 0. The minimum absolute atomic E-state index is 0.149. The van der Waals surface area contributed by atoms with Gasteiger partial charge < -0.3 is 4.57 Å². The zero-order chi connectivity index (χ0) is 18.4. The van der Waals surface area contributed by atoms with Gasteiger partial charge in [-0.2, -0.15) is 0 Å². The van der Waals surface area contributed by atoms with Gasteiger partial charge in [0.05, 0.1) is 5.75 Å². The molecule has 0 unspecified atom stereocenters. The number of nitrogens with one attached hydrogen (secondary N) is 1. The van der Waals surface area contributed by atoms with Crippen LogP contribution < -0.4 is 4.72 Å². The second-order valence-electron chi connectivity index (χ2n) is 6.54. The maximum Gasteiger partial charge on any atom is 0.211 e. The molecular weight excluding hydrogens is 388 g/mol. The molecule has 2 aromatic rings. The lowest BCUT2D eigenvalue weighted by Gasteiger charge is -2.25. The quantitative estimate of drug-likeness (QED) is 0.502. The van der Waals surface area contributed by atoms with Gasteiger partial charge in [0.15, 0.2) is 5.16 Å². The standard InChI is InChI=1S/C17H26N4O2S3/c1-18-26(22,23)12-6-11-25-17-20-19-16(13-15-9-5-10-24-15)21(17)14-7-3-2-4-8-14/h5,9-10,14,18H,2-4,6-8,11-13H2,1H3. The van der Waals surface area contributed by atoms with E-state index in [-0.39, 0.29) is 5.75 Å². The van der Waals surface area contributed by atoms with Gasteiger partial charge in [-0.25, -0.2) is 13.1 Å². The Morgan fingerprint density at radius 1 is 1.31 bits per heavy atom. The fourth-order valence-corrected chi connectivity index (χ4v) is 5.89. The van der Waals surface area contributed by atoms with E-state index >= 15 is 0 Å². The Morgan fingerprint density at radius 2 is 2.12 bits per heavy atom. The van der Waals surface area contributed by atoms with Crippen LogP contribution in [0.25, 0.3) is 0 Å². The number of hydrogen-bond donors (Lipinski definition) is 1. The van der Waals surface area contributed by atoms with Crippen LogP contribution in [-0.4, -0.2) is 41.7 Å². The second kappa shape index (κ2) is 9.34. The number of thiophene rings is 1. The Hall–Kier alpha value is -0.900. The van der Waals surface area contributed by atoms with Crippen molar-refractivity contribution in [2.75, 3.05) is 18.6 Å². The van der Waals surface area contributed by atoms with Gasteiger partial charge in [-0.1, -0.05) is 37.1 Å². The van der Waals surface area contributed by atoms with Crippen molar-refractivity contribution in [3.05, 3.63) is 28.2 Å². The first-order chi connectivity index (χ1) is 12.6. The Bertz CT molecular complexity index is 781. The van der Waals surface area contributed by atoms with Crippen molar-refractivity contribution in [2.45, 2.75) is 56.1 Å². The molecule has 0 aliphatic heterocycles. The number of hydrogen-bond acceptors (Lipinski definition) is 6. The first-order valence-electron chi connectivity index (χ1n) is 9.09. The van der Waals surface area contributed by atoms with Gasteiger partial charge in [-0.05, 0) is 37.8 Å². The first-order valence-corrected chi connectivity index (χ1v) is 12.6. The molecule has 0 radical (unpaired) electrons. The summed E-state index contributed by atoms with van der Waals surface area (Å²) in [5, 5.41) is 11.9. The normalized spacial score (nSPS) is 16.2. The molecule has 0 aromatic carbocycles. The summed E-state index contributed by atoms with van der Waals surface area (Å²) in [7, 11) is -1.68. The summed E-state index contributed by atoms with van der Waals surface area (Å²) in [6.07, 6.45) is 7.59. The van der Waals surface area contributed by atoms with Crippen molar-refractivity contribution in [1.82, 2.24) is 19.5 Å². The third-order valence-electron chi connectivity index (χ3n) is 4.69. The zero-order valence-electron chi connectivity index (χ0n) is 15.1. The summed E-state index contributed by atoms with van der Waals surface area (Å²) in [4.78, 5) is 1.30. The number of rotatable bonds is 9. The van der Waals surface area contributed by atoms with Gasteiger partial charge in [0.1, 0.15) is 5.82 Å². The predicted octanol–water partition coefficient (Wildman–Crippen LogP) is 3.47. The number of aromatic nitrogens is 3. The van der Waals surface area contributed by atoms with E-state index in [0.717, 1.165) is 23.2 Å². The molecule has 3 rings (SSSR count). The lowest BCUT2D eigenvalue weighted by molar-refractivity contribution is 0.330. The number of nitrogens with zero attached hydrogens (tertiary/aromatic N) is 3. The molecule has 1 aliphatic rings. The summed E-state index contributed by atoms with van der Waals surface area (Å²) in [5.74, 6) is 1.91. The molecule has 2 heterocycles. The molecule has 1 N–H and O–H groups in total. The minimum atomic E-state index is -3.14. The fraction of sp³-hybridized carbons (Fsp3) is 0.647. The lowest BCUT2D eigenvalue weighted by Crippen LogP contribution is -2.22. The lowest BCUT2D eigenvalue weighted by atomic mass is 9.95. The molecule has 144 valence electrons. The average molecular weight is 415 g/mol. The summed E-state index contributed by atoms with van der Waals surface area (Å²) >= 11 is 3.37. The maximum atomic E-state index is 11.6. The highest BCUT2D eigenvalue weighted by molar-refractivity contribution is 7.99. The van der Waals surface area contributed by atoms with E-state index in [9.17, 15) is 8.42 Å². The molecule has 2 aromatic heterocycles. The van der Waals surface area contributed by atoms with E-state index in [0.29, 0.717) is 12.5 Å². The topological polar surface area (TPSA) is 76.9 Å². The molecule has 9 heteroatoms. The largest absolute Gasteiger partial charge is 0.303 e. The molecule has 0 bridgehead atoms. The summed E-state index contributed by atoms with van der Waals surface area (Å²) < 4.78 is 27.8. The molecule has 26 heavy (non-hydrogen) atoms. The van der Waals surface area contributed by atoms with Crippen LogP contribution in [0.15, 0.2) is 22.7 Å². The Balaban J connectivity index is 1.70. The van der Waals surface area contributed by atoms with Crippen LogP contribution in [0.5, 0.6) is 0 Å². The predicted molar refractivity (Wildman–Crippen MR) is 107 cm³/mol. The molecule has 1 fully saturated rings. The third kappa shape index (κ3) is 5.31. The number of thioether (sulfide) groups is 1. The molecular formula is C17H26N4O2S3. The van der Waals surface area contributed by atoms with E-state index in [1.54, 1.807) is 23.1 Å². The molecule has 0 spiro atoms.